The third-order valence-corrected chi connectivity index (χ3v) is 6.36. The van der Waals surface area contributed by atoms with Crippen LogP contribution in [0.2, 0.25) is 0 Å². The minimum atomic E-state index is -0.0872. The van der Waals surface area contributed by atoms with Crippen molar-refractivity contribution in [2.75, 3.05) is 0 Å². The molecule has 6 aromatic rings. The molecule has 0 fully saturated rings. The monoisotopic (exact) mass is 454 g/mol. The van der Waals surface area contributed by atoms with E-state index in [1.807, 2.05) is 66.9 Å². The fourth-order valence-electron chi connectivity index (χ4n) is 4.60. The van der Waals surface area contributed by atoms with Gasteiger partial charge >= 0.3 is 0 Å². The summed E-state index contributed by atoms with van der Waals surface area (Å²) in [5.74, 6) is 0.228. The summed E-state index contributed by atoms with van der Waals surface area (Å²) in [5.41, 5.74) is 6.80. The molecular formula is C31H22N2O2. The van der Waals surface area contributed by atoms with Crippen molar-refractivity contribution < 1.29 is 5.11 Å². The fourth-order valence-corrected chi connectivity index (χ4v) is 4.60. The molecule has 4 heteroatoms. The van der Waals surface area contributed by atoms with Crippen molar-refractivity contribution in [2.24, 2.45) is 0 Å². The topological polar surface area (TPSA) is 55.1 Å². The zero-order chi connectivity index (χ0) is 23.8. The van der Waals surface area contributed by atoms with Gasteiger partial charge in [-0.25, -0.2) is 0 Å². The van der Waals surface area contributed by atoms with Gasteiger partial charge in [-0.2, -0.15) is 0 Å². The number of fused-ring (bicyclic) bond motifs is 3. The zero-order valence-corrected chi connectivity index (χ0v) is 18.9. The van der Waals surface area contributed by atoms with Crippen LogP contribution in [-0.4, -0.2) is 14.7 Å². The van der Waals surface area contributed by atoms with Gasteiger partial charge in [-0.05, 0) is 71.1 Å². The number of phenols is 1. The van der Waals surface area contributed by atoms with Crippen molar-refractivity contribution in [1.82, 2.24) is 9.55 Å². The molecule has 0 saturated carbocycles. The van der Waals surface area contributed by atoms with Crippen molar-refractivity contribution in [2.45, 2.75) is 6.42 Å². The second kappa shape index (κ2) is 8.58. The smallest absolute Gasteiger partial charge is 0.255 e. The van der Waals surface area contributed by atoms with E-state index in [4.69, 9.17) is 0 Å². The molecule has 0 unspecified atom stereocenters. The Hall–Kier alpha value is -4.70. The Morgan fingerprint density at radius 3 is 2.20 bits per heavy atom. The molecule has 0 bridgehead atoms. The SMILES string of the molecule is O=c1ccc2cnc3ccc(-c4ccc(O)cc4)cc3c2n1-c1ccc(Cc2ccccc2)cc1. The van der Waals surface area contributed by atoms with Crippen molar-refractivity contribution >= 4 is 21.8 Å². The number of phenolic OH excluding ortho intramolecular Hbond substituents is 1. The summed E-state index contributed by atoms with van der Waals surface area (Å²) in [4.78, 5) is 17.8. The van der Waals surface area contributed by atoms with E-state index in [0.29, 0.717) is 0 Å². The standard InChI is InChI=1S/C31H22N2O2/c34-27-14-8-23(9-15-27)24-10-16-29-28(19-24)31-25(20-32-29)11-17-30(35)33(31)26-12-6-22(7-13-26)18-21-4-2-1-3-5-21/h1-17,19-20,34H,18H2. The van der Waals surface area contributed by atoms with Crippen LogP contribution in [-0.2, 0) is 6.42 Å². The van der Waals surface area contributed by atoms with Gasteiger partial charge in [-0.15, -0.1) is 0 Å². The molecule has 0 aliphatic carbocycles. The molecule has 35 heavy (non-hydrogen) atoms. The number of nitrogens with zero attached hydrogens (tertiary/aromatic N) is 2. The maximum atomic E-state index is 13.2. The molecule has 0 atom stereocenters. The first-order chi connectivity index (χ1) is 17.2. The highest BCUT2D eigenvalue weighted by atomic mass is 16.3. The number of rotatable bonds is 4. The summed E-state index contributed by atoms with van der Waals surface area (Å²) in [7, 11) is 0. The fraction of sp³-hybridized carbons (Fsp3) is 0.0323. The predicted molar refractivity (Wildman–Crippen MR) is 141 cm³/mol. The van der Waals surface area contributed by atoms with Gasteiger partial charge in [0.05, 0.1) is 11.0 Å². The Bertz CT molecular complexity index is 1720. The van der Waals surface area contributed by atoms with E-state index in [-0.39, 0.29) is 11.3 Å². The molecule has 0 aliphatic heterocycles. The Labute approximate surface area is 202 Å². The largest absolute Gasteiger partial charge is 0.508 e. The van der Waals surface area contributed by atoms with Gasteiger partial charge in [0.25, 0.3) is 5.56 Å². The summed E-state index contributed by atoms with van der Waals surface area (Å²) in [6.07, 6.45) is 2.66. The van der Waals surface area contributed by atoms with Crippen LogP contribution in [0.1, 0.15) is 11.1 Å². The van der Waals surface area contributed by atoms with Crippen LogP contribution in [0.4, 0.5) is 0 Å². The Morgan fingerprint density at radius 2 is 1.43 bits per heavy atom. The molecule has 4 aromatic carbocycles. The molecule has 1 N–H and O–H groups in total. The maximum Gasteiger partial charge on any atom is 0.255 e. The average Bonchev–Trinajstić information content (AvgIpc) is 2.90. The number of aromatic nitrogens is 2. The van der Waals surface area contributed by atoms with Crippen LogP contribution in [0.5, 0.6) is 5.75 Å². The van der Waals surface area contributed by atoms with Crippen LogP contribution in [0.3, 0.4) is 0 Å². The highest BCUT2D eigenvalue weighted by Crippen LogP contribution is 2.30. The van der Waals surface area contributed by atoms with Crippen LogP contribution in [0.15, 0.2) is 120 Å². The first-order valence-corrected chi connectivity index (χ1v) is 11.5. The summed E-state index contributed by atoms with van der Waals surface area (Å²) in [6, 6.07) is 35.1. The van der Waals surface area contributed by atoms with Crippen LogP contribution in [0.25, 0.3) is 38.6 Å². The van der Waals surface area contributed by atoms with E-state index < -0.39 is 0 Å². The van der Waals surface area contributed by atoms with Gasteiger partial charge in [-0.3, -0.25) is 14.3 Å². The van der Waals surface area contributed by atoms with Gasteiger partial charge < -0.3 is 5.11 Å². The number of benzene rings is 4. The quantitative estimate of drug-likeness (QED) is 0.309. The lowest BCUT2D eigenvalue weighted by atomic mass is 10.0. The number of pyridine rings is 2. The summed E-state index contributed by atoms with van der Waals surface area (Å²) >= 11 is 0. The maximum absolute atomic E-state index is 13.2. The summed E-state index contributed by atoms with van der Waals surface area (Å²) in [6.45, 7) is 0. The van der Waals surface area contributed by atoms with Crippen molar-refractivity contribution in [1.29, 1.82) is 0 Å². The van der Waals surface area contributed by atoms with Gasteiger partial charge in [0.2, 0.25) is 0 Å². The van der Waals surface area contributed by atoms with Gasteiger partial charge in [-0.1, -0.05) is 60.7 Å². The van der Waals surface area contributed by atoms with Gasteiger partial charge in [0.15, 0.2) is 0 Å². The molecule has 0 radical (unpaired) electrons. The molecule has 2 aromatic heterocycles. The van der Waals surface area contributed by atoms with Crippen molar-refractivity contribution in [3.63, 3.8) is 0 Å². The minimum Gasteiger partial charge on any atom is -0.508 e. The van der Waals surface area contributed by atoms with E-state index in [1.165, 1.54) is 11.1 Å². The highest BCUT2D eigenvalue weighted by molar-refractivity contribution is 6.05. The molecule has 0 aliphatic rings. The molecule has 0 saturated heterocycles. The Balaban J connectivity index is 1.51. The second-order valence-corrected chi connectivity index (χ2v) is 8.68. The normalized spacial score (nSPS) is 11.2. The lowest BCUT2D eigenvalue weighted by Crippen LogP contribution is -2.17. The van der Waals surface area contributed by atoms with Crippen molar-refractivity contribution in [3.05, 3.63) is 137 Å². The van der Waals surface area contributed by atoms with E-state index in [2.05, 4.69) is 35.3 Å². The highest BCUT2D eigenvalue weighted by Gasteiger charge is 2.12. The predicted octanol–water partition coefficient (Wildman–Crippen LogP) is 6.50. The number of hydrogen-bond acceptors (Lipinski definition) is 3. The number of aromatic hydroxyl groups is 1. The van der Waals surface area contributed by atoms with Gasteiger partial charge in [0, 0.05) is 28.7 Å². The minimum absolute atomic E-state index is 0.0872. The third kappa shape index (κ3) is 3.96. The Kier molecular flexibility index (Phi) is 5.12. The second-order valence-electron chi connectivity index (χ2n) is 8.68. The van der Waals surface area contributed by atoms with Crippen LogP contribution < -0.4 is 5.56 Å². The molecule has 4 nitrogen and oxygen atoms in total. The molecule has 6 rings (SSSR count). The van der Waals surface area contributed by atoms with Crippen LogP contribution >= 0.6 is 0 Å². The summed E-state index contributed by atoms with van der Waals surface area (Å²) < 4.78 is 1.77. The van der Waals surface area contributed by atoms with Crippen molar-refractivity contribution in [3.8, 4) is 22.6 Å². The first-order valence-electron chi connectivity index (χ1n) is 11.5. The van der Waals surface area contributed by atoms with Crippen LogP contribution in [0, 0.1) is 0 Å². The van der Waals surface area contributed by atoms with Gasteiger partial charge in [0.1, 0.15) is 5.75 Å². The van der Waals surface area contributed by atoms with E-state index in [1.54, 1.807) is 22.8 Å². The van der Waals surface area contributed by atoms with E-state index in [0.717, 1.165) is 45.0 Å². The molecule has 0 amide bonds. The first kappa shape index (κ1) is 20.9. The zero-order valence-electron chi connectivity index (χ0n) is 18.9. The molecular weight excluding hydrogens is 432 g/mol. The summed E-state index contributed by atoms with van der Waals surface area (Å²) in [5, 5.41) is 11.5. The molecule has 2 heterocycles. The third-order valence-electron chi connectivity index (χ3n) is 6.36. The van der Waals surface area contributed by atoms with E-state index in [9.17, 15) is 9.90 Å². The average molecular weight is 455 g/mol. The Morgan fingerprint density at radius 1 is 0.714 bits per heavy atom. The van der Waals surface area contributed by atoms with E-state index >= 15 is 0 Å². The molecule has 168 valence electrons. The number of hydrogen-bond donors (Lipinski definition) is 1. The lowest BCUT2D eigenvalue weighted by Gasteiger charge is -2.14. The lowest BCUT2D eigenvalue weighted by molar-refractivity contribution is 0.475. The molecule has 0 spiro atoms.